The summed E-state index contributed by atoms with van der Waals surface area (Å²) in [6.07, 6.45) is 4.12. The molecule has 1 atom stereocenters. The maximum absolute atomic E-state index is 9.12. The Hall–Kier alpha value is -1.13. The summed E-state index contributed by atoms with van der Waals surface area (Å²) < 4.78 is 2.16. The van der Waals surface area contributed by atoms with E-state index in [9.17, 15) is 0 Å². The quantitative estimate of drug-likeness (QED) is 0.647. The van der Waals surface area contributed by atoms with E-state index in [0.29, 0.717) is 0 Å². The van der Waals surface area contributed by atoms with Crippen molar-refractivity contribution < 1.29 is 5.11 Å². The summed E-state index contributed by atoms with van der Waals surface area (Å²) in [5, 5.41) is 10.4. The summed E-state index contributed by atoms with van der Waals surface area (Å²) in [5.41, 5.74) is 7.85. The normalized spacial score (nSPS) is 13.1. The number of hydrogen-bond donors (Lipinski definition) is 2. The highest BCUT2D eigenvalue weighted by molar-refractivity contribution is 7.98. The Morgan fingerprint density at radius 2 is 2.24 bits per heavy atom. The molecule has 4 heteroatoms. The van der Waals surface area contributed by atoms with Gasteiger partial charge < -0.3 is 15.4 Å². The first-order valence-electron chi connectivity index (χ1n) is 5.69. The molecule has 0 spiro atoms. The third-order valence-electron chi connectivity index (χ3n) is 2.91. The maximum Gasteiger partial charge on any atom is 0.0512 e. The number of hydrogen-bond acceptors (Lipinski definition) is 3. The van der Waals surface area contributed by atoms with Crippen molar-refractivity contribution >= 4 is 28.4 Å². The Labute approximate surface area is 106 Å². The van der Waals surface area contributed by atoms with Crippen LogP contribution in [0.5, 0.6) is 0 Å². The molecule has 0 fully saturated rings. The van der Waals surface area contributed by atoms with Crippen molar-refractivity contribution in [3.05, 3.63) is 24.4 Å². The van der Waals surface area contributed by atoms with E-state index in [1.165, 1.54) is 10.3 Å². The van der Waals surface area contributed by atoms with Gasteiger partial charge in [-0.15, -0.1) is 11.8 Å². The van der Waals surface area contributed by atoms with Gasteiger partial charge in [0, 0.05) is 35.3 Å². The standard InChI is InChI=1S/C13H18N2OS/c1-9(8-16)7-15-4-3-11-12(15)5-10(14)6-13(11)17-2/h3-6,9,16H,7-8,14H2,1-2H3. The highest BCUT2D eigenvalue weighted by atomic mass is 32.2. The van der Waals surface area contributed by atoms with Gasteiger partial charge in [-0.3, -0.25) is 0 Å². The molecule has 3 N–H and O–H groups in total. The number of fused-ring (bicyclic) bond motifs is 1. The average Bonchev–Trinajstić information content (AvgIpc) is 2.71. The van der Waals surface area contributed by atoms with Gasteiger partial charge in [0.25, 0.3) is 0 Å². The molecule has 17 heavy (non-hydrogen) atoms. The molecule has 2 aromatic rings. The van der Waals surface area contributed by atoms with Crippen LogP contribution in [0.1, 0.15) is 6.92 Å². The molecule has 0 aliphatic rings. The fourth-order valence-corrected chi connectivity index (χ4v) is 2.65. The zero-order valence-electron chi connectivity index (χ0n) is 10.2. The topological polar surface area (TPSA) is 51.2 Å². The highest BCUT2D eigenvalue weighted by Gasteiger charge is 2.09. The van der Waals surface area contributed by atoms with E-state index in [2.05, 4.69) is 23.1 Å². The number of anilines is 1. The third-order valence-corrected chi connectivity index (χ3v) is 3.69. The minimum atomic E-state index is 0.206. The van der Waals surface area contributed by atoms with Crippen LogP contribution >= 0.6 is 11.8 Å². The summed E-state index contributed by atoms with van der Waals surface area (Å²) in [4.78, 5) is 1.20. The first kappa shape index (κ1) is 12.3. The van der Waals surface area contributed by atoms with E-state index in [1.54, 1.807) is 11.8 Å². The SMILES string of the molecule is CSc1cc(N)cc2c1ccn2CC(C)CO. The van der Waals surface area contributed by atoms with Gasteiger partial charge in [0.2, 0.25) is 0 Å². The van der Waals surface area contributed by atoms with Crippen LogP contribution in [0.15, 0.2) is 29.3 Å². The number of nitrogen functional groups attached to an aromatic ring is 1. The molecule has 0 saturated heterocycles. The van der Waals surface area contributed by atoms with E-state index in [4.69, 9.17) is 10.8 Å². The second kappa shape index (κ2) is 5.02. The largest absolute Gasteiger partial charge is 0.399 e. The molecule has 92 valence electrons. The van der Waals surface area contributed by atoms with Crippen LogP contribution in [0.2, 0.25) is 0 Å². The fourth-order valence-electron chi connectivity index (χ4n) is 2.00. The molecule has 0 aliphatic heterocycles. The van der Waals surface area contributed by atoms with Crippen LogP contribution in [0.4, 0.5) is 5.69 Å². The first-order valence-corrected chi connectivity index (χ1v) is 6.91. The van der Waals surface area contributed by atoms with E-state index in [-0.39, 0.29) is 12.5 Å². The number of aliphatic hydroxyl groups excluding tert-OH is 1. The number of aliphatic hydroxyl groups is 1. The average molecular weight is 250 g/mol. The minimum absolute atomic E-state index is 0.206. The molecule has 1 aromatic carbocycles. The van der Waals surface area contributed by atoms with Gasteiger partial charge in [-0.2, -0.15) is 0 Å². The summed E-state index contributed by atoms with van der Waals surface area (Å²) in [7, 11) is 0. The molecular formula is C13H18N2OS. The Kier molecular flexibility index (Phi) is 3.64. The van der Waals surface area contributed by atoms with Crippen LogP contribution in [-0.4, -0.2) is 22.5 Å². The molecule has 0 amide bonds. The molecule has 1 aromatic heterocycles. The van der Waals surface area contributed by atoms with Crippen molar-refractivity contribution in [2.45, 2.75) is 18.4 Å². The minimum Gasteiger partial charge on any atom is -0.399 e. The Balaban J connectivity index is 2.48. The molecular weight excluding hydrogens is 232 g/mol. The monoisotopic (exact) mass is 250 g/mol. The van der Waals surface area contributed by atoms with Gasteiger partial charge in [0.05, 0.1) is 5.52 Å². The molecule has 0 aliphatic carbocycles. The lowest BCUT2D eigenvalue weighted by Crippen LogP contribution is -2.10. The lowest BCUT2D eigenvalue weighted by molar-refractivity contribution is 0.224. The molecule has 1 unspecified atom stereocenters. The summed E-state index contributed by atoms with van der Waals surface area (Å²) in [5.74, 6) is 0.254. The van der Waals surface area contributed by atoms with Crippen molar-refractivity contribution in [1.82, 2.24) is 4.57 Å². The molecule has 0 bridgehead atoms. The van der Waals surface area contributed by atoms with Crippen LogP contribution in [0.3, 0.4) is 0 Å². The molecule has 3 nitrogen and oxygen atoms in total. The summed E-state index contributed by atoms with van der Waals surface area (Å²) >= 11 is 1.71. The predicted octanol–water partition coefficient (Wildman–Crippen LogP) is 2.57. The van der Waals surface area contributed by atoms with Gasteiger partial charge in [0.15, 0.2) is 0 Å². The number of benzene rings is 1. The van der Waals surface area contributed by atoms with E-state index in [1.807, 2.05) is 19.1 Å². The van der Waals surface area contributed by atoms with Crippen LogP contribution in [-0.2, 0) is 6.54 Å². The van der Waals surface area contributed by atoms with Gasteiger partial charge in [-0.25, -0.2) is 0 Å². The fraction of sp³-hybridized carbons (Fsp3) is 0.385. The number of aromatic nitrogens is 1. The van der Waals surface area contributed by atoms with Crippen molar-refractivity contribution in [3.8, 4) is 0 Å². The zero-order chi connectivity index (χ0) is 12.4. The zero-order valence-corrected chi connectivity index (χ0v) is 11.0. The highest BCUT2D eigenvalue weighted by Crippen LogP contribution is 2.30. The van der Waals surface area contributed by atoms with Gasteiger partial charge in [0.1, 0.15) is 0 Å². The molecule has 1 heterocycles. The van der Waals surface area contributed by atoms with E-state index in [0.717, 1.165) is 17.7 Å². The van der Waals surface area contributed by atoms with Crippen LogP contribution in [0, 0.1) is 5.92 Å². The Bertz CT molecular complexity index is 521. The number of nitrogens with zero attached hydrogens (tertiary/aromatic N) is 1. The first-order chi connectivity index (χ1) is 8.15. The number of nitrogens with two attached hydrogens (primary N) is 1. The van der Waals surface area contributed by atoms with Crippen molar-refractivity contribution in [3.63, 3.8) is 0 Å². The van der Waals surface area contributed by atoms with E-state index < -0.39 is 0 Å². The summed E-state index contributed by atoms with van der Waals surface area (Å²) in [6.45, 7) is 3.06. The Morgan fingerprint density at radius 3 is 2.88 bits per heavy atom. The number of thioether (sulfide) groups is 1. The molecule has 2 rings (SSSR count). The van der Waals surface area contributed by atoms with Crippen LogP contribution < -0.4 is 5.73 Å². The smallest absolute Gasteiger partial charge is 0.0512 e. The molecule has 0 radical (unpaired) electrons. The molecule has 0 saturated carbocycles. The Morgan fingerprint density at radius 1 is 1.47 bits per heavy atom. The van der Waals surface area contributed by atoms with Gasteiger partial charge >= 0.3 is 0 Å². The van der Waals surface area contributed by atoms with Crippen molar-refractivity contribution in [2.24, 2.45) is 5.92 Å². The lowest BCUT2D eigenvalue weighted by atomic mass is 10.2. The van der Waals surface area contributed by atoms with Crippen molar-refractivity contribution in [2.75, 3.05) is 18.6 Å². The number of rotatable bonds is 4. The third kappa shape index (κ3) is 2.42. The van der Waals surface area contributed by atoms with Crippen molar-refractivity contribution in [1.29, 1.82) is 0 Å². The second-order valence-corrected chi connectivity index (χ2v) is 5.26. The summed E-state index contributed by atoms with van der Waals surface area (Å²) in [6, 6.07) is 6.12. The predicted molar refractivity (Wildman–Crippen MR) is 74.4 cm³/mol. The maximum atomic E-state index is 9.12. The van der Waals surface area contributed by atoms with Gasteiger partial charge in [-0.05, 0) is 30.4 Å². The second-order valence-electron chi connectivity index (χ2n) is 4.41. The van der Waals surface area contributed by atoms with Gasteiger partial charge in [-0.1, -0.05) is 6.92 Å². The lowest BCUT2D eigenvalue weighted by Gasteiger charge is -2.11. The van der Waals surface area contributed by atoms with Crippen LogP contribution in [0.25, 0.3) is 10.9 Å². The van der Waals surface area contributed by atoms with E-state index >= 15 is 0 Å².